The van der Waals surface area contributed by atoms with Crippen LogP contribution in [0.4, 0.5) is 11.4 Å². The lowest BCUT2D eigenvalue weighted by molar-refractivity contribution is -0.384. The third kappa shape index (κ3) is 3.24. The number of aromatic hydroxyl groups is 1. The molecule has 0 fully saturated rings. The van der Waals surface area contributed by atoms with Gasteiger partial charge in [0.1, 0.15) is 17.7 Å². The molecule has 1 heterocycles. The molecule has 2 aromatic carbocycles. The first kappa shape index (κ1) is 14.5. The Balaban J connectivity index is 1.79. The van der Waals surface area contributed by atoms with Gasteiger partial charge in [0, 0.05) is 17.8 Å². The van der Waals surface area contributed by atoms with Crippen molar-refractivity contribution in [2.45, 2.75) is 0 Å². The van der Waals surface area contributed by atoms with Crippen molar-refractivity contribution in [2.75, 3.05) is 0 Å². The minimum Gasteiger partial charge on any atom is -0.505 e. The van der Waals surface area contributed by atoms with Crippen LogP contribution in [-0.4, -0.2) is 21.2 Å². The van der Waals surface area contributed by atoms with Crippen LogP contribution >= 0.6 is 0 Å². The zero-order valence-electron chi connectivity index (χ0n) is 11.8. The number of benzene rings is 2. The van der Waals surface area contributed by atoms with E-state index in [2.05, 4.69) is 9.98 Å². The lowest BCUT2D eigenvalue weighted by Gasteiger charge is -1.99. The number of hydrogen-bond acceptors (Lipinski definition) is 6. The zero-order valence-corrected chi connectivity index (χ0v) is 11.8. The van der Waals surface area contributed by atoms with E-state index in [0.29, 0.717) is 5.89 Å². The number of aliphatic imine (C=N–C) groups is 1. The standard InChI is InChI=1S/C16H11N3O4/c20-15-9-13(19(21)22)5-6-14(15)18-10-11-1-3-12(4-2-11)16-17-7-8-23-16/h1-10,20H/b18-10+. The molecule has 0 radical (unpaired) electrons. The molecule has 0 saturated heterocycles. The molecule has 3 aromatic rings. The molecule has 114 valence electrons. The predicted molar refractivity (Wildman–Crippen MR) is 84.0 cm³/mol. The van der Waals surface area contributed by atoms with Crippen LogP contribution in [0.1, 0.15) is 5.56 Å². The summed E-state index contributed by atoms with van der Waals surface area (Å²) in [6.45, 7) is 0. The minimum atomic E-state index is -0.575. The van der Waals surface area contributed by atoms with Gasteiger partial charge in [0.15, 0.2) is 0 Å². The van der Waals surface area contributed by atoms with E-state index in [9.17, 15) is 15.2 Å². The Bertz CT molecular complexity index is 856. The van der Waals surface area contributed by atoms with Crippen molar-refractivity contribution >= 4 is 17.6 Å². The van der Waals surface area contributed by atoms with Gasteiger partial charge in [-0.3, -0.25) is 15.1 Å². The smallest absolute Gasteiger partial charge is 0.273 e. The highest BCUT2D eigenvalue weighted by Gasteiger charge is 2.09. The summed E-state index contributed by atoms with van der Waals surface area (Å²) in [4.78, 5) is 18.2. The maximum absolute atomic E-state index is 10.6. The topological polar surface area (TPSA) is 102 Å². The summed E-state index contributed by atoms with van der Waals surface area (Å²) in [5.41, 5.74) is 1.72. The molecule has 0 aliphatic heterocycles. The van der Waals surface area contributed by atoms with Crippen LogP contribution in [0.3, 0.4) is 0 Å². The maximum atomic E-state index is 10.6. The van der Waals surface area contributed by atoms with Crippen LogP contribution in [0.2, 0.25) is 0 Å². The lowest BCUT2D eigenvalue weighted by atomic mass is 10.1. The van der Waals surface area contributed by atoms with Gasteiger partial charge in [0.25, 0.3) is 5.69 Å². The quantitative estimate of drug-likeness (QED) is 0.449. The highest BCUT2D eigenvalue weighted by Crippen LogP contribution is 2.30. The van der Waals surface area contributed by atoms with Gasteiger partial charge in [-0.2, -0.15) is 0 Å². The summed E-state index contributed by atoms with van der Waals surface area (Å²) < 4.78 is 5.20. The van der Waals surface area contributed by atoms with Gasteiger partial charge in [-0.05, 0) is 23.8 Å². The fourth-order valence-corrected chi connectivity index (χ4v) is 1.96. The molecule has 0 amide bonds. The van der Waals surface area contributed by atoms with E-state index in [0.717, 1.165) is 17.2 Å². The number of nitrogens with zero attached hydrogens (tertiary/aromatic N) is 3. The largest absolute Gasteiger partial charge is 0.505 e. The summed E-state index contributed by atoms with van der Waals surface area (Å²) >= 11 is 0. The van der Waals surface area contributed by atoms with Crippen molar-refractivity contribution in [3.05, 3.63) is 70.6 Å². The summed E-state index contributed by atoms with van der Waals surface area (Å²) in [5, 5.41) is 20.4. The number of oxazole rings is 1. The normalized spacial score (nSPS) is 11.0. The molecule has 0 atom stereocenters. The summed E-state index contributed by atoms with van der Waals surface area (Å²) in [6.07, 6.45) is 4.63. The van der Waals surface area contributed by atoms with Gasteiger partial charge in [-0.15, -0.1) is 0 Å². The first-order valence-electron chi connectivity index (χ1n) is 6.65. The zero-order chi connectivity index (χ0) is 16.2. The van der Waals surface area contributed by atoms with Crippen LogP contribution in [-0.2, 0) is 0 Å². The number of phenols is 1. The molecule has 7 nitrogen and oxygen atoms in total. The minimum absolute atomic E-state index is 0.184. The molecular weight excluding hydrogens is 298 g/mol. The highest BCUT2D eigenvalue weighted by atomic mass is 16.6. The average Bonchev–Trinajstić information content (AvgIpc) is 3.08. The molecule has 0 bridgehead atoms. The van der Waals surface area contributed by atoms with Gasteiger partial charge in [0.05, 0.1) is 17.2 Å². The van der Waals surface area contributed by atoms with E-state index < -0.39 is 4.92 Å². The van der Waals surface area contributed by atoms with E-state index >= 15 is 0 Å². The molecule has 0 unspecified atom stereocenters. The molecule has 0 aliphatic carbocycles. The van der Waals surface area contributed by atoms with E-state index in [-0.39, 0.29) is 17.1 Å². The second-order valence-electron chi connectivity index (χ2n) is 4.65. The van der Waals surface area contributed by atoms with Crippen molar-refractivity contribution in [2.24, 2.45) is 4.99 Å². The van der Waals surface area contributed by atoms with Crippen LogP contribution in [0, 0.1) is 10.1 Å². The monoisotopic (exact) mass is 309 g/mol. The third-order valence-corrected chi connectivity index (χ3v) is 3.11. The first-order valence-corrected chi connectivity index (χ1v) is 6.65. The van der Waals surface area contributed by atoms with Crippen molar-refractivity contribution < 1.29 is 14.4 Å². The third-order valence-electron chi connectivity index (χ3n) is 3.11. The van der Waals surface area contributed by atoms with E-state index in [1.165, 1.54) is 18.4 Å². The number of nitro benzene ring substituents is 1. The van der Waals surface area contributed by atoms with Crippen LogP contribution in [0.15, 0.2) is 64.3 Å². The van der Waals surface area contributed by atoms with Crippen molar-refractivity contribution in [3.8, 4) is 17.2 Å². The molecule has 1 N–H and O–H groups in total. The Hall–Kier alpha value is -3.48. The summed E-state index contributed by atoms with van der Waals surface area (Å²) in [5.74, 6) is 0.286. The van der Waals surface area contributed by atoms with E-state index in [1.807, 2.05) is 24.3 Å². The fourth-order valence-electron chi connectivity index (χ4n) is 1.96. The van der Waals surface area contributed by atoms with Crippen LogP contribution in [0.5, 0.6) is 5.75 Å². The summed E-state index contributed by atoms with van der Waals surface area (Å²) in [7, 11) is 0. The number of nitro groups is 1. The fraction of sp³-hybridized carbons (Fsp3) is 0. The molecular formula is C16H11N3O4. The number of non-ortho nitro benzene ring substituents is 1. The van der Waals surface area contributed by atoms with Gasteiger partial charge < -0.3 is 9.52 Å². The van der Waals surface area contributed by atoms with Gasteiger partial charge >= 0.3 is 0 Å². The van der Waals surface area contributed by atoms with Crippen molar-refractivity contribution in [3.63, 3.8) is 0 Å². The molecule has 3 rings (SSSR count). The molecule has 23 heavy (non-hydrogen) atoms. The van der Waals surface area contributed by atoms with Gasteiger partial charge in [0.2, 0.25) is 5.89 Å². The number of hydrogen-bond donors (Lipinski definition) is 1. The second kappa shape index (κ2) is 6.10. The van der Waals surface area contributed by atoms with Crippen LogP contribution in [0.25, 0.3) is 11.5 Å². The number of phenolic OH excluding ortho intramolecular Hbond substituents is 1. The Kier molecular flexibility index (Phi) is 3.84. The molecule has 0 spiro atoms. The lowest BCUT2D eigenvalue weighted by Crippen LogP contribution is -1.87. The second-order valence-corrected chi connectivity index (χ2v) is 4.65. The Labute approximate surface area is 130 Å². The van der Waals surface area contributed by atoms with Gasteiger partial charge in [-0.1, -0.05) is 12.1 Å². The highest BCUT2D eigenvalue weighted by molar-refractivity contribution is 5.83. The Morgan fingerprint density at radius 3 is 2.61 bits per heavy atom. The Morgan fingerprint density at radius 2 is 2.00 bits per heavy atom. The van der Waals surface area contributed by atoms with E-state index in [4.69, 9.17) is 4.42 Å². The van der Waals surface area contributed by atoms with Crippen molar-refractivity contribution in [1.82, 2.24) is 4.98 Å². The first-order chi connectivity index (χ1) is 11.1. The number of rotatable bonds is 4. The predicted octanol–water partition coefficient (Wildman–Crippen LogP) is 3.71. The summed E-state index contributed by atoms with van der Waals surface area (Å²) in [6, 6.07) is 11.1. The van der Waals surface area contributed by atoms with Gasteiger partial charge in [-0.25, -0.2) is 4.98 Å². The molecule has 7 heteroatoms. The van der Waals surface area contributed by atoms with Crippen molar-refractivity contribution in [1.29, 1.82) is 0 Å². The average molecular weight is 309 g/mol. The molecule has 0 saturated carbocycles. The SMILES string of the molecule is O=[N+]([O-])c1ccc(/N=C/c2ccc(-c3ncco3)cc2)c(O)c1. The maximum Gasteiger partial charge on any atom is 0.273 e. The van der Waals surface area contributed by atoms with Crippen LogP contribution < -0.4 is 0 Å². The Morgan fingerprint density at radius 1 is 1.22 bits per heavy atom. The molecule has 0 aliphatic rings. The van der Waals surface area contributed by atoms with E-state index in [1.54, 1.807) is 12.4 Å². The number of aromatic nitrogens is 1. The molecule has 1 aromatic heterocycles.